The second-order valence-corrected chi connectivity index (χ2v) is 9.28. The number of hydrogen-bond acceptors (Lipinski definition) is 7. The molecule has 200 valence electrons. The molecule has 1 heterocycles. The monoisotopic (exact) mass is 535 g/mol. The molecule has 8 nitrogen and oxygen atoms in total. The number of benzene rings is 4. The molecule has 5 rings (SSSR count). The standard InChI is InChI=1S/C32H25NO7/c1-19-4-10-26(16-20(19)2)40-25-13-8-23(9-14-25)33-30(35)27-15-7-22(17-28(27)31(33)36)32(37)39-18-29(34)21-5-11-24(38-3)12-6-21/h4-17H,18H2,1-3H3. The van der Waals surface area contributed by atoms with Crippen LogP contribution in [0.5, 0.6) is 17.2 Å². The van der Waals surface area contributed by atoms with Gasteiger partial charge in [0.05, 0.1) is 29.5 Å². The number of fused-ring (bicyclic) bond motifs is 1. The molecule has 8 heteroatoms. The molecule has 0 saturated carbocycles. The van der Waals surface area contributed by atoms with Crippen molar-refractivity contribution in [2.24, 2.45) is 0 Å². The number of esters is 1. The average molecular weight is 536 g/mol. The molecule has 0 spiro atoms. The lowest BCUT2D eigenvalue weighted by molar-refractivity contribution is 0.0474. The average Bonchev–Trinajstić information content (AvgIpc) is 3.22. The summed E-state index contributed by atoms with van der Waals surface area (Å²) in [5.74, 6) is -0.402. The van der Waals surface area contributed by atoms with E-state index >= 15 is 0 Å². The van der Waals surface area contributed by atoms with Crippen molar-refractivity contribution in [3.8, 4) is 17.2 Å². The molecule has 4 aromatic rings. The summed E-state index contributed by atoms with van der Waals surface area (Å²) in [7, 11) is 1.52. The molecule has 0 aromatic heterocycles. The van der Waals surface area contributed by atoms with Crippen LogP contribution in [0.1, 0.15) is 52.6 Å². The third-order valence-corrected chi connectivity index (χ3v) is 6.68. The van der Waals surface area contributed by atoms with Crippen molar-refractivity contribution in [2.75, 3.05) is 18.6 Å². The highest BCUT2D eigenvalue weighted by Gasteiger charge is 2.37. The number of nitrogens with zero attached hydrogens (tertiary/aromatic N) is 1. The zero-order chi connectivity index (χ0) is 28.4. The van der Waals surface area contributed by atoms with E-state index in [1.165, 1.54) is 25.3 Å². The molecule has 0 aliphatic carbocycles. The van der Waals surface area contributed by atoms with Crippen molar-refractivity contribution in [2.45, 2.75) is 13.8 Å². The quantitative estimate of drug-likeness (QED) is 0.156. The molecular weight excluding hydrogens is 510 g/mol. The Hall–Kier alpha value is -5.24. The largest absolute Gasteiger partial charge is 0.497 e. The maximum absolute atomic E-state index is 13.2. The Bertz CT molecular complexity index is 1640. The number of hydrogen-bond donors (Lipinski definition) is 0. The van der Waals surface area contributed by atoms with Crippen LogP contribution in [-0.4, -0.2) is 37.3 Å². The summed E-state index contributed by atoms with van der Waals surface area (Å²) in [5, 5.41) is 0. The Morgan fingerprint density at radius 3 is 1.98 bits per heavy atom. The van der Waals surface area contributed by atoms with Gasteiger partial charge in [-0.1, -0.05) is 6.07 Å². The lowest BCUT2D eigenvalue weighted by Gasteiger charge is -2.15. The van der Waals surface area contributed by atoms with E-state index in [1.807, 2.05) is 32.0 Å². The maximum Gasteiger partial charge on any atom is 0.338 e. The van der Waals surface area contributed by atoms with Gasteiger partial charge in [-0.05, 0) is 104 Å². The molecule has 2 amide bonds. The number of methoxy groups -OCH3 is 1. The Kier molecular flexibility index (Phi) is 7.16. The molecule has 40 heavy (non-hydrogen) atoms. The highest BCUT2D eigenvalue weighted by molar-refractivity contribution is 6.34. The Balaban J connectivity index is 1.26. The number of Topliss-reactive ketones (excluding diaryl/α,β-unsaturated/α-hetero) is 1. The number of ether oxygens (including phenoxy) is 3. The van der Waals surface area contributed by atoms with Crippen LogP contribution in [0.3, 0.4) is 0 Å². The van der Waals surface area contributed by atoms with Crippen LogP contribution in [0.25, 0.3) is 0 Å². The summed E-state index contributed by atoms with van der Waals surface area (Å²) < 4.78 is 16.1. The topological polar surface area (TPSA) is 99.2 Å². The number of amides is 2. The number of carbonyl (C=O) groups is 4. The summed E-state index contributed by atoms with van der Waals surface area (Å²) in [6.45, 7) is 3.55. The number of aryl methyl sites for hydroxylation is 2. The summed E-state index contributed by atoms with van der Waals surface area (Å²) >= 11 is 0. The molecule has 4 aromatic carbocycles. The van der Waals surface area contributed by atoms with E-state index < -0.39 is 24.4 Å². The van der Waals surface area contributed by atoms with E-state index in [0.717, 1.165) is 16.0 Å². The van der Waals surface area contributed by atoms with Gasteiger partial charge in [0.25, 0.3) is 11.8 Å². The van der Waals surface area contributed by atoms with Crippen LogP contribution >= 0.6 is 0 Å². The molecule has 0 atom stereocenters. The molecule has 0 unspecified atom stereocenters. The summed E-state index contributed by atoms with van der Waals surface area (Å²) in [4.78, 5) is 52.3. The van der Waals surface area contributed by atoms with E-state index in [4.69, 9.17) is 14.2 Å². The zero-order valence-electron chi connectivity index (χ0n) is 22.1. The van der Waals surface area contributed by atoms with Gasteiger partial charge in [-0.25, -0.2) is 9.69 Å². The van der Waals surface area contributed by atoms with E-state index in [9.17, 15) is 19.2 Å². The third-order valence-electron chi connectivity index (χ3n) is 6.68. The number of rotatable bonds is 8. The van der Waals surface area contributed by atoms with Crippen molar-refractivity contribution in [1.82, 2.24) is 0 Å². The first-order valence-electron chi connectivity index (χ1n) is 12.5. The van der Waals surface area contributed by atoms with Crippen LogP contribution in [0, 0.1) is 13.8 Å². The fraction of sp³-hybridized carbons (Fsp3) is 0.125. The van der Waals surface area contributed by atoms with E-state index in [0.29, 0.717) is 28.5 Å². The number of carbonyl (C=O) groups excluding carboxylic acids is 4. The van der Waals surface area contributed by atoms with Crippen LogP contribution < -0.4 is 14.4 Å². The van der Waals surface area contributed by atoms with Gasteiger partial charge in [-0.3, -0.25) is 14.4 Å². The van der Waals surface area contributed by atoms with Crippen molar-refractivity contribution < 1.29 is 33.4 Å². The van der Waals surface area contributed by atoms with Crippen molar-refractivity contribution in [3.05, 3.63) is 118 Å². The van der Waals surface area contributed by atoms with E-state index in [1.54, 1.807) is 48.5 Å². The summed E-state index contributed by atoms with van der Waals surface area (Å²) in [5.41, 5.74) is 3.31. The maximum atomic E-state index is 13.2. The Labute approximate surface area is 230 Å². The number of anilines is 1. The first kappa shape index (κ1) is 26.4. The minimum absolute atomic E-state index is 0.0569. The molecule has 1 aliphatic heterocycles. The van der Waals surface area contributed by atoms with Crippen LogP contribution in [-0.2, 0) is 4.74 Å². The summed E-state index contributed by atoms with van der Waals surface area (Å²) in [6, 6.07) is 22.9. The smallest absolute Gasteiger partial charge is 0.338 e. The third kappa shape index (κ3) is 5.19. The predicted octanol–water partition coefficient (Wildman–Crippen LogP) is 5.94. The lowest BCUT2D eigenvalue weighted by Crippen LogP contribution is -2.29. The number of imide groups is 1. The number of ketones is 1. The first-order chi connectivity index (χ1) is 19.2. The zero-order valence-corrected chi connectivity index (χ0v) is 22.1. The van der Waals surface area contributed by atoms with Gasteiger partial charge >= 0.3 is 5.97 Å². The van der Waals surface area contributed by atoms with Gasteiger partial charge < -0.3 is 14.2 Å². The normalized spacial score (nSPS) is 12.2. The Morgan fingerprint density at radius 1 is 0.675 bits per heavy atom. The van der Waals surface area contributed by atoms with Gasteiger partial charge in [0.2, 0.25) is 0 Å². The summed E-state index contributed by atoms with van der Waals surface area (Å²) in [6.07, 6.45) is 0. The predicted molar refractivity (Wildman–Crippen MR) is 148 cm³/mol. The minimum Gasteiger partial charge on any atom is -0.497 e. The molecule has 0 radical (unpaired) electrons. The molecule has 0 bridgehead atoms. The fourth-order valence-electron chi connectivity index (χ4n) is 4.25. The van der Waals surface area contributed by atoms with Gasteiger partial charge in [-0.2, -0.15) is 0 Å². The Morgan fingerprint density at radius 2 is 1.30 bits per heavy atom. The molecule has 1 aliphatic rings. The molecule has 0 N–H and O–H groups in total. The molecule has 0 fully saturated rings. The van der Waals surface area contributed by atoms with Gasteiger partial charge in [0.1, 0.15) is 17.2 Å². The van der Waals surface area contributed by atoms with Crippen molar-refractivity contribution in [3.63, 3.8) is 0 Å². The molecule has 0 saturated heterocycles. The second kappa shape index (κ2) is 10.9. The van der Waals surface area contributed by atoms with E-state index in [2.05, 4.69) is 0 Å². The first-order valence-corrected chi connectivity index (χ1v) is 12.5. The highest BCUT2D eigenvalue weighted by Crippen LogP contribution is 2.32. The van der Waals surface area contributed by atoms with Crippen LogP contribution in [0.2, 0.25) is 0 Å². The van der Waals surface area contributed by atoms with Gasteiger partial charge in [0, 0.05) is 5.56 Å². The minimum atomic E-state index is -0.781. The molecular formula is C32H25NO7. The fourth-order valence-corrected chi connectivity index (χ4v) is 4.25. The van der Waals surface area contributed by atoms with E-state index in [-0.39, 0.29) is 22.5 Å². The van der Waals surface area contributed by atoms with Crippen LogP contribution in [0.4, 0.5) is 5.69 Å². The van der Waals surface area contributed by atoms with Gasteiger partial charge in [0.15, 0.2) is 12.4 Å². The van der Waals surface area contributed by atoms with Crippen molar-refractivity contribution >= 4 is 29.3 Å². The van der Waals surface area contributed by atoms with Gasteiger partial charge in [-0.15, -0.1) is 0 Å². The van der Waals surface area contributed by atoms with Crippen LogP contribution in [0.15, 0.2) is 84.9 Å². The lowest BCUT2D eigenvalue weighted by atomic mass is 10.1. The SMILES string of the molecule is COc1ccc(C(=O)COC(=O)c2ccc3c(c2)C(=O)N(c2ccc(Oc4ccc(C)c(C)c4)cc2)C3=O)cc1. The highest BCUT2D eigenvalue weighted by atomic mass is 16.5. The second-order valence-electron chi connectivity index (χ2n) is 9.28. The van der Waals surface area contributed by atoms with Crippen molar-refractivity contribution in [1.29, 1.82) is 0 Å².